The number of nitriles is 1. The molecule has 0 saturated carbocycles. The summed E-state index contributed by atoms with van der Waals surface area (Å²) >= 11 is 0. The normalized spacial score (nSPS) is 10.9. The van der Waals surface area contributed by atoms with Crippen LogP contribution in [0.5, 0.6) is 0 Å². The van der Waals surface area contributed by atoms with Crippen LogP contribution in [-0.2, 0) is 6.54 Å². The van der Waals surface area contributed by atoms with Gasteiger partial charge in [0, 0.05) is 18.1 Å². The Balaban J connectivity index is 2.15. The third-order valence-electron chi connectivity index (χ3n) is 3.59. The standard InChI is InChI=1S/C17H11F3N2/c1-10-8-22(9-11-2-3-15(19)16(20)4-11)17-12(7-21)5-13(18)6-14(10)17/h2-6,8H,9H2,1H3. The van der Waals surface area contributed by atoms with E-state index in [1.807, 2.05) is 13.0 Å². The van der Waals surface area contributed by atoms with Crippen molar-refractivity contribution in [1.82, 2.24) is 4.57 Å². The second-order valence-corrected chi connectivity index (χ2v) is 5.15. The van der Waals surface area contributed by atoms with Gasteiger partial charge in [-0.15, -0.1) is 0 Å². The third-order valence-corrected chi connectivity index (χ3v) is 3.59. The lowest BCUT2D eigenvalue weighted by Gasteiger charge is -2.07. The van der Waals surface area contributed by atoms with Crippen molar-refractivity contribution in [2.75, 3.05) is 0 Å². The zero-order valence-corrected chi connectivity index (χ0v) is 11.7. The number of rotatable bonds is 2. The summed E-state index contributed by atoms with van der Waals surface area (Å²) in [5, 5.41) is 9.84. The minimum atomic E-state index is -0.919. The monoisotopic (exact) mass is 300 g/mol. The van der Waals surface area contributed by atoms with Crippen LogP contribution in [0.25, 0.3) is 10.9 Å². The Morgan fingerprint density at radius 1 is 1.09 bits per heavy atom. The first-order valence-electron chi connectivity index (χ1n) is 6.62. The summed E-state index contributed by atoms with van der Waals surface area (Å²) in [4.78, 5) is 0. The van der Waals surface area contributed by atoms with E-state index in [2.05, 4.69) is 0 Å². The summed E-state index contributed by atoms with van der Waals surface area (Å²) in [6, 6.07) is 8.18. The van der Waals surface area contributed by atoms with Crippen molar-refractivity contribution in [3.8, 4) is 6.07 Å². The molecule has 5 heteroatoms. The molecule has 110 valence electrons. The summed E-state index contributed by atoms with van der Waals surface area (Å²) in [5.41, 5.74) is 2.18. The minimum Gasteiger partial charge on any atom is -0.342 e. The van der Waals surface area contributed by atoms with Crippen molar-refractivity contribution < 1.29 is 13.2 Å². The maximum Gasteiger partial charge on any atom is 0.159 e. The van der Waals surface area contributed by atoms with Gasteiger partial charge in [0.25, 0.3) is 0 Å². The number of fused-ring (bicyclic) bond motifs is 1. The average Bonchev–Trinajstić information content (AvgIpc) is 2.78. The van der Waals surface area contributed by atoms with Gasteiger partial charge in [-0.25, -0.2) is 13.2 Å². The molecule has 0 aliphatic carbocycles. The van der Waals surface area contributed by atoms with Crippen molar-refractivity contribution in [3.05, 3.63) is 70.7 Å². The highest BCUT2D eigenvalue weighted by atomic mass is 19.2. The number of hydrogen-bond donors (Lipinski definition) is 0. The fraction of sp³-hybridized carbons (Fsp3) is 0.118. The predicted octanol–water partition coefficient (Wildman–Crippen LogP) is 4.29. The van der Waals surface area contributed by atoms with E-state index >= 15 is 0 Å². The van der Waals surface area contributed by atoms with Gasteiger partial charge < -0.3 is 4.57 Å². The second kappa shape index (κ2) is 5.23. The molecule has 1 aromatic heterocycles. The fourth-order valence-corrected chi connectivity index (χ4v) is 2.62. The van der Waals surface area contributed by atoms with Gasteiger partial charge in [-0.2, -0.15) is 5.26 Å². The summed E-state index contributed by atoms with van der Waals surface area (Å²) in [6.45, 7) is 2.08. The van der Waals surface area contributed by atoms with Crippen molar-refractivity contribution in [2.24, 2.45) is 0 Å². The van der Waals surface area contributed by atoms with Crippen molar-refractivity contribution in [3.63, 3.8) is 0 Å². The Labute approximate surface area is 125 Å². The lowest BCUT2D eigenvalue weighted by molar-refractivity contribution is 0.506. The molecule has 2 aromatic carbocycles. The van der Waals surface area contributed by atoms with Crippen LogP contribution in [0.3, 0.4) is 0 Å². The first kappa shape index (κ1) is 14.2. The number of halogens is 3. The molecule has 0 unspecified atom stereocenters. The summed E-state index contributed by atoms with van der Waals surface area (Å²) in [5.74, 6) is -2.30. The molecule has 3 rings (SSSR count). The summed E-state index contributed by atoms with van der Waals surface area (Å²) < 4.78 is 41.6. The van der Waals surface area contributed by atoms with Crippen LogP contribution in [0.15, 0.2) is 36.5 Å². The Bertz CT molecular complexity index is 920. The largest absolute Gasteiger partial charge is 0.342 e. The second-order valence-electron chi connectivity index (χ2n) is 5.15. The van der Waals surface area contributed by atoms with Gasteiger partial charge in [0.2, 0.25) is 0 Å². The zero-order valence-electron chi connectivity index (χ0n) is 11.7. The van der Waals surface area contributed by atoms with Gasteiger partial charge in [-0.05, 0) is 42.3 Å². The van der Waals surface area contributed by atoms with Crippen LogP contribution in [0.4, 0.5) is 13.2 Å². The Morgan fingerprint density at radius 3 is 2.55 bits per heavy atom. The highest BCUT2D eigenvalue weighted by Gasteiger charge is 2.13. The van der Waals surface area contributed by atoms with E-state index in [1.165, 1.54) is 18.2 Å². The van der Waals surface area contributed by atoms with Gasteiger partial charge in [0.15, 0.2) is 11.6 Å². The molecule has 0 aliphatic rings. The molecule has 22 heavy (non-hydrogen) atoms. The maximum absolute atomic E-state index is 13.5. The van der Waals surface area contributed by atoms with Gasteiger partial charge in [0.1, 0.15) is 11.9 Å². The minimum absolute atomic E-state index is 0.214. The maximum atomic E-state index is 13.5. The van der Waals surface area contributed by atoms with E-state index in [1.54, 1.807) is 10.8 Å². The van der Waals surface area contributed by atoms with Gasteiger partial charge >= 0.3 is 0 Å². The lowest BCUT2D eigenvalue weighted by Crippen LogP contribution is -2.00. The zero-order chi connectivity index (χ0) is 15.9. The Morgan fingerprint density at radius 2 is 1.86 bits per heavy atom. The van der Waals surface area contributed by atoms with Crippen LogP contribution in [-0.4, -0.2) is 4.57 Å². The fourth-order valence-electron chi connectivity index (χ4n) is 2.62. The van der Waals surface area contributed by atoms with Crippen LogP contribution in [0.1, 0.15) is 16.7 Å². The topological polar surface area (TPSA) is 28.7 Å². The number of aromatic nitrogens is 1. The molecule has 0 N–H and O–H groups in total. The average molecular weight is 300 g/mol. The smallest absolute Gasteiger partial charge is 0.159 e. The molecule has 0 saturated heterocycles. The molecular weight excluding hydrogens is 289 g/mol. The molecular formula is C17H11F3N2. The van der Waals surface area contributed by atoms with E-state index in [0.717, 1.165) is 17.7 Å². The van der Waals surface area contributed by atoms with Crippen LogP contribution in [0, 0.1) is 35.7 Å². The molecule has 0 atom stereocenters. The molecule has 0 spiro atoms. The quantitative estimate of drug-likeness (QED) is 0.694. The molecule has 3 aromatic rings. The number of benzene rings is 2. The summed E-state index contributed by atoms with van der Waals surface area (Å²) in [7, 11) is 0. The molecule has 0 bridgehead atoms. The van der Waals surface area contributed by atoms with E-state index in [4.69, 9.17) is 0 Å². The van der Waals surface area contributed by atoms with Crippen LogP contribution >= 0.6 is 0 Å². The summed E-state index contributed by atoms with van der Waals surface area (Å²) in [6.07, 6.45) is 1.77. The Kier molecular flexibility index (Phi) is 3.38. The first-order valence-corrected chi connectivity index (χ1v) is 6.62. The van der Waals surface area contributed by atoms with E-state index < -0.39 is 17.5 Å². The van der Waals surface area contributed by atoms with Crippen molar-refractivity contribution in [1.29, 1.82) is 5.26 Å². The Hall–Kier alpha value is -2.74. The highest BCUT2D eigenvalue weighted by Crippen LogP contribution is 2.26. The number of hydrogen-bond acceptors (Lipinski definition) is 1. The highest BCUT2D eigenvalue weighted by molar-refractivity contribution is 5.88. The first-order chi connectivity index (χ1) is 10.5. The molecule has 2 nitrogen and oxygen atoms in total. The van der Waals surface area contributed by atoms with Crippen molar-refractivity contribution >= 4 is 10.9 Å². The van der Waals surface area contributed by atoms with Crippen molar-refractivity contribution in [2.45, 2.75) is 13.5 Å². The van der Waals surface area contributed by atoms with Crippen LogP contribution < -0.4 is 0 Å². The molecule has 0 aliphatic heterocycles. The SMILES string of the molecule is Cc1cn(Cc2ccc(F)c(F)c2)c2c(C#N)cc(F)cc12. The van der Waals surface area contributed by atoms with Crippen LogP contribution in [0.2, 0.25) is 0 Å². The van der Waals surface area contributed by atoms with Gasteiger partial charge in [-0.1, -0.05) is 6.07 Å². The predicted molar refractivity (Wildman–Crippen MR) is 76.8 cm³/mol. The number of nitrogens with zero attached hydrogens (tertiary/aromatic N) is 2. The van der Waals surface area contributed by atoms with Gasteiger partial charge in [-0.3, -0.25) is 0 Å². The van der Waals surface area contributed by atoms with E-state index in [9.17, 15) is 18.4 Å². The molecule has 0 radical (unpaired) electrons. The molecule has 0 fully saturated rings. The third kappa shape index (κ3) is 2.33. The van der Waals surface area contributed by atoms with E-state index in [0.29, 0.717) is 16.5 Å². The lowest BCUT2D eigenvalue weighted by atomic mass is 10.1. The number of aryl methyl sites for hydroxylation is 1. The van der Waals surface area contributed by atoms with Gasteiger partial charge in [0.05, 0.1) is 11.1 Å². The molecule has 0 amide bonds. The van der Waals surface area contributed by atoms with E-state index in [-0.39, 0.29) is 12.1 Å². The molecule has 1 heterocycles.